The number of benzene rings is 1. The maximum atomic E-state index is 12.6. The minimum absolute atomic E-state index is 0. The summed E-state index contributed by atoms with van der Waals surface area (Å²) >= 11 is 0. The largest absolute Gasteiger partial charge is 0.379 e. The van der Waals surface area contributed by atoms with Crippen molar-refractivity contribution in [2.45, 2.75) is 38.1 Å². The van der Waals surface area contributed by atoms with E-state index >= 15 is 0 Å². The van der Waals surface area contributed by atoms with Crippen LogP contribution in [0, 0.1) is 5.92 Å². The van der Waals surface area contributed by atoms with E-state index in [4.69, 9.17) is 10.5 Å². The van der Waals surface area contributed by atoms with Gasteiger partial charge in [0.05, 0.1) is 25.7 Å². The van der Waals surface area contributed by atoms with Gasteiger partial charge in [-0.1, -0.05) is 12.8 Å². The molecule has 2 amide bonds. The summed E-state index contributed by atoms with van der Waals surface area (Å²) in [5.41, 5.74) is 7.29. The number of hydrogen-bond donors (Lipinski definition) is 3. The smallest absolute Gasteiger partial charge is 0.238 e. The number of rotatable bonds is 5. The van der Waals surface area contributed by atoms with Gasteiger partial charge >= 0.3 is 0 Å². The van der Waals surface area contributed by atoms with E-state index in [9.17, 15) is 9.59 Å². The van der Waals surface area contributed by atoms with Gasteiger partial charge in [0.15, 0.2) is 0 Å². The number of morpholine rings is 1. The molecule has 0 spiro atoms. The summed E-state index contributed by atoms with van der Waals surface area (Å²) in [6.07, 6.45) is 3.82. The van der Waals surface area contributed by atoms with Crippen LogP contribution in [-0.2, 0) is 14.3 Å². The third-order valence-electron chi connectivity index (χ3n) is 5.48. The Morgan fingerprint density at radius 3 is 2.28 bits per heavy atom. The van der Waals surface area contributed by atoms with Crippen LogP contribution in [0.3, 0.4) is 0 Å². The normalized spacial score (nSPS) is 24.6. The van der Waals surface area contributed by atoms with Crippen molar-refractivity contribution in [2.24, 2.45) is 11.7 Å². The third kappa shape index (κ3) is 7.42. The molecule has 1 saturated carbocycles. The maximum Gasteiger partial charge on any atom is 0.238 e. The third-order valence-corrected chi connectivity index (χ3v) is 5.48. The molecule has 7 nitrogen and oxygen atoms in total. The molecule has 1 heterocycles. The minimum Gasteiger partial charge on any atom is -0.379 e. The van der Waals surface area contributed by atoms with Gasteiger partial charge < -0.3 is 21.1 Å². The predicted octanol–water partition coefficient (Wildman–Crippen LogP) is 2.65. The quantitative estimate of drug-likeness (QED) is 0.645. The average Bonchev–Trinajstić information content (AvgIpc) is 2.63. The Balaban J connectivity index is 0.00000210. The van der Waals surface area contributed by atoms with Gasteiger partial charge in [0, 0.05) is 30.0 Å². The van der Waals surface area contributed by atoms with Crippen LogP contribution in [0.5, 0.6) is 0 Å². The number of anilines is 2. The Morgan fingerprint density at radius 1 is 1.10 bits per heavy atom. The molecule has 1 aromatic rings. The zero-order chi connectivity index (χ0) is 19.3. The Labute approximate surface area is 184 Å². The standard InChI is InChI=1S/C20H30N4O3.2ClH/c1-20(21)9-3-2-4-17(20)19(26)23-16-7-5-15(6-8-16)22-18(25)14-24-10-12-27-13-11-24;;/h5-8,17H,2-4,9-14,21H2,1H3,(H,22,25)(H,23,26);2*1H. The SMILES string of the molecule is CC1(N)CCCCC1C(=O)Nc1ccc(NC(=O)CN2CCOCC2)cc1.Cl.Cl. The lowest BCUT2D eigenvalue weighted by Crippen LogP contribution is -2.51. The summed E-state index contributed by atoms with van der Waals surface area (Å²) < 4.78 is 5.29. The first-order valence-corrected chi connectivity index (χ1v) is 9.74. The van der Waals surface area contributed by atoms with Crippen LogP contribution in [-0.4, -0.2) is 55.1 Å². The first-order valence-electron chi connectivity index (χ1n) is 9.74. The maximum absolute atomic E-state index is 12.6. The van der Waals surface area contributed by atoms with Crippen molar-refractivity contribution < 1.29 is 14.3 Å². The molecule has 1 aromatic carbocycles. The van der Waals surface area contributed by atoms with Crippen molar-refractivity contribution in [3.8, 4) is 0 Å². The van der Waals surface area contributed by atoms with Crippen LogP contribution in [0.1, 0.15) is 32.6 Å². The van der Waals surface area contributed by atoms with Gasteiger partial charge in [-0.25, -0.2) is 0 Å². The molecule has 3 rings (SSSR count). The predicted molar refractivity (Wildman–Crippen MR) is 120 cm³/mol. The summed E-state index contributed by atoms with van der Waals surface area (Å²) in [5.74, 6) is -0.238. The molecular formula is C20H32Cl2N4O3. The van der Waals surface area contributed by atoms with Crippen LogP contribution in [0.25, 0.3) is 0 Å². The van der Waals surface area contributed by atoms with E-state index in [1.165, 1.54) is 0 Å². The number of carbonyl (C=O) groups excluding carboxylic acids is 2. The molecular weight excluding hydrogens is 415 g/mol. The Kier molecular flexibility index (Phi) is 10.4. The first kappa shape index (κ1) is 25.7. The monoisotopic (exact) mass is 446 g/mol. The molecule has 2 fully saturated rings. The second kappa shape index (κ2) is 11.7. The van der Waals surface area contributed by atoms with Crippen molar-refractivity contribution in [2.75, 3.05) is 43.5 Å². The van der Waals surface area contributed by atoms with Crippen molar-refractivity contribution in [3.05, 3.63) is 24.3 Å². The number of nitrogens with two attached hydrogens (primary N) is 1. The van der Waals surface area contributed by atoms with Crippen LogP contribution < -0.4 is 16.4 Å². The molecule has 29 heavy (non-hydrogen) atoms. The Bertz CT molecular complexity index is 664. The molecule has 9 heteroatoms. The fourth-order valence-electron chi connectivity index (χ4n) is 3.82. The molecule has 2 unspecified atom stereocenters. The highest BCUT2D eigenvalue weighted by Crippen LogP contribution is 2.32. The van der Waals surface area contributed by atoms with Gasteiger partial charge in [0.2, 0.25) is 11.8 Å². The van der Waals surface area contributed by atoms with Gasteiger partial charge in [0.25, 0.3) is 0 Å². The van der Waals surface area contributed by atoms with Gasteiger partial charge in [0.1, 0.15) is 0 Å². The highest BCUT2D eigenvalue weighted by Gasteiger charge is 2.37. The van der Waals surface area contributed by atoms with Crippen LogP contribution in [0.15, 0.2) is 24.3 Å². The van der Waals surface area contributed by atoms with Gasteiger partial charge in [-0.3, -0.25) is 14.5 Å². The number of nitrogens with zero attached hydrogens (tertiary/aromatic N) is 1. The molecule has 0 bridgehead atoms. The second-order valence-electron chi connectivity index (χ2n) is 7.81. The second-order valence-corrected chi connectivity index (χ2v) is 7.81. The van der Waals surface area contributed by atoms with Crippen LogP contribution in [0.2, 0.25) is 0 Å². The first-order chi connectivity index (χ1) is 12.9. The number of hydrogen-bond acceptors (Lipinski definition) is 5. The molecule has 164 valence electrons. The van der Waals surface area contributed by atoms with Gasteiger partial charge in [-0.05, 0) is 44.0 Å². The molecule has 2 atom stereocenters. The fraction of sp³-hybridized carbons (Fsp3) is 0.600. The van der Waals surface area contributed by atoms with E-state index in [1.54, 1.807) is 24.3 Å². The lowest BCUT2D eigenvalue weighted by Gasteiger charge is -2.37. The number of halogens is 2. The van der Waals surface area contributed by atoms with Gasteiger partial charge in [-0.2, -0.15) is 0 Å². The molecule has 1 saturated heterocycles. The van der Waals surface area contributed by atoms with Crippen LogP contribution in [0.4, 0.5) is 11.4 Å². The molecule has 0 radical (unpaired) electrons. The average molecular weight is 447 g/mol. The number of nitrogens with one attached hydrogen (secondary N) is 2. The molecule has 0 aromatic heterocycles. The van der Waals surface area contributed by atoms with Gasteiger partial charge in [-0.15, -0.1) is 24.8 Å². The van der Waals surface area contributed by atoms with E-state index in [0.717, 1.165) is 38.8 Å². The topological polar surface area (TPSA) is 96.7 Å². The van der Waals surface area contributed by atoms with Crippen molar-refractivity contribution in [3.63, 3.8) is 0 Å². The summed E-state index contributed by atoms with van der Waals surface area (Å²) in [4.78, 5) is 26.8. The molecule has 1 aliphatic heterocycles. The summed E-state index contributed by atoms with van der Waals surface area (Å²) in [7, 11) is 0. The Hall–Kier alpha value is -1.38. The zero-order valence-electron chi connectivity index (χ0n) is 16.8. The van der Waals surface area contributed by atoms with Crippen molar-refractivity contribution in [1.82, 2.24) is 4.90 Å². The van der Waals surface area contributed by atoms with E-state index in [2.05, 4.69) is 15.5 Å². The van der Waals surface area contributed by atoms with Crippen molar-refractivity contribution >= 4 is 48.0 Å². The van der Waals surface area contributed by atoms with E-state index in [0.29, 0.717) is 31.1 Å². The molecule has 1 aliphatic carbocycles. The fourth-order valence-corrected chi connectivity index (χ4v) is 3.82. The molecule has 4 N–H and O–H groups in total. The van der Waals surface area contributed by atoms with E-state index in [1.807, 2.05) is 6.92 Å². The van der Waals surface area contributed by atoms with E-state index in [-0.39, 0.29) is 42.5 Å². The summed E-state index contributed by atoms with van der Waals surface area (Å²) in [6, 6.07) is 7.21. The lowest BCUT2D eigenvalue weighted by molar-refractivity contribution is -0.123. The Morgan fingerprint density at radius 2 is 1.69 bits per heavy atom. The number of amides is 2. The summed E-state index contributed by atoms with van der Waals surface area (Å²) in [5, 5.41) is 5.85. The van der Waals surface area contributed by atoms with Crippen molar-refractivity contribution in [1.29, 1.82) is 0 Å². The summed E-state index contributed by atoms with van der Waals surface area (Å²) in [6.45, 7) is 5.22. The highest BCUT2D eigenvalue weighted by atomic mass is 35.5. The zero-order valence-corrected chi connectivity index (χ0v) is 18.4. The van der Waals surface area contributed by atoms with Crippen LogP contribution >= 0.6 is 24.8 Å². The minimum atomic E-state index is -0.449. The molecule has 2 aliphatic rings. The number of ether oxygens (including phenoxy) is 1. The lowest BCUT2D eigenvalue weighted by atomic mass is 9.74. The highest BCUT2D eigenvalue weighted by molar-refractivity contribution is 5.95. The van der Waals surface area contributed by atoms with E-state index < -0.39 is 5.54 Å². The number of carbonyl (C=O) groups is 2.